The van der Waals surface area contributed by atoms with Crippen molar-refractivity contribution in [3.8, 4) is 0 Å². The van der Waals surface area contributed by atoms with Crippen LogP contribution >= 0.6 is 11.8 Å². The summed E-state index contributed by atoms with van der Waals surface area (Å²) in [6.07, 6.45) is 4.61. The Kier molecular flexibility index (Phi) is 5.47. The van der Waals surface area contributed by atoms with Crippen LogP contribution in [-0.2, 0) is 4.79 Å². The van der Waals surface area contributed by atoms with Gasteiger partial charge in [-0.2, -0.15) is 11.8 Å². The Balaban J connectivity index is 2.20. The molecule has 1 heterocycles. The minimum absolute atomic E-state index is 0.160. The summed E-state index contributed by atoms with van der Waals surface area (Å²) in [6, 6.07) is 0.251. The molecular formula is C11H22N2OS. The van der Waals surface area contributed by atoms with Crippen molar-refractivity contribution in [2.75, 3.05) is 25.9 Å². The minimum atomic E-state index is 0.160. The van der Waals surface area contributed by atoms with Crippen molar-refractivity contribution in [3.05, 3.63) is 0 Å². The number of likely N-dealkylation sites (tertiary alicyclic amines) is 1. The highest BCUT2D eigenvalue weighted by molar-refractivity contribution is 7.99. The Hall–Kier alpha value is -0.220. The number of rotatable bonds is 4. The summed E-state index contributed by atoms with van der Waals surface area (Å²) in [5, 5.41) is 3.73. The SMILES string of the molecule is CSC1CCN(CC(=O)NC(C)C)CC1. The molecule has 1 N–H and O–H groups in total. The third-order valence-corrected chi connectivity index (χ3v) is 3.82. The molecule has 0 atom stereocenters. The fraction of sp³-hybridized carbons (Fsp3) is 0.909. The van der Waals surface area contributed by atoms with E-state index in [9.17, 15) is 4.79 Å². The lowest BCUT2D eigenvalue weighted by molar-refractivity contribution is -0.122. The lowest BCUT2D eigenvalue weighted by Gasteiger charge is -2.30. The highest BCUT2D eigenvalue weighted by Crippen LogP contribution is 2.20. The molecule has 0 aliphatic carbocycles. The molecule has 0 aromatic carbocycles. The van der Waals surface area contributed by atoms with Gasteiger partial charge in [0.05, 0.1) is 6.54 Å². The van der Waals surface area contributed by atoms with Crippen molar-refractivity contribution in [1.29, 1.82) is 0 Å². The van der Waals surface area contributed by atoms with Crippen LogP contribution in [0.15, 0.2) is 0 Å². The van der Waals surface area contributed by atoms with E-state index in [0.717, 1.165) is 18.3 Å². The molecule has 88 valence electrons. The van der Waals surface area contributed by atoms with Gasteiger partial charge in [0, 0.05) is 11.3 Å². The number of amides is 1. The molecule has 0 saturated carbocycles. The largest absolute Gasteiger partial charge is 0.353 e. The third-order valence-electron chi connectivity index (χ3n) is 2.68. The summed E-state index contributed by atoms with van der Waals surface area (Å²) >= 11 is 1.95. The summed E-state index contributed by atoms with van der Waals surface area (Å²) in [7, 11) is 0. The second-order valence-electron chi connectivity index (χ2n) is 4.43. The van der Waals surface area contributed by atoms with Gasteiger partial charge in [0.2, 0.25) is 5.91 Å². The van der Waals surface area contributed by atoms with Gasteiger partial charge in [-0.25, -0.2) is 0 Å². The van der Waals surface area contributed by atoms with Crippen LogP contribution in [0, 0.1) is 0 Å². The molecule has 1 aliphatic rings. The summed E-state index contributed by atoms with van der Waals surface area (Å²) in [5.74, 6) is 0.160. The van der Waals surface area contributed by atoms with Crippen LogP contribution in [0.25, 0.3) is 0 Å². The Morgan fingerprint density at radius 2 is 2.07 bits per heavy atom. The fourth-order valence-corrected chi connectivity index (χ4v) is 2.56. The second kappa shape index (κ2) is 6.38. The molecule has 4 heteroatoms. The third kappa shape index (κ3) is 4.89. The second-order valence-corrected chi connectivity index (χ2v) is 5.57. The van der Waals surface area contributed by atoms with Crippen LogP contribution in [-0.4, -0.2) is 48.0 Å². The van der Waals surface area contributed by atoms with Crippen LogP contribution in [0.1, 0.15) is 26.7 Å². The van der Waals surface area contributed by atoms with E-state index in [1.165, 1.54) is 12.8 Å². The molecule has 0 aromatic rings. The summed E-state index contributed by atoms with van der Waals surface area (Å²) in [4.78, 5) is 13.8. The number of thioether (sulfide) groups is 1. The number of nitrogens with zero attached hydrogens (tertiary/aromatic N) is 1. The lowest BCUT2D eigenvalue weighted by Crippen LogP contribution is -2.43. The maximum absolute atomic E-state index is 11.5. The van der Waals surface area contributed by atoms with Gasteiger partial charge < -0.3 is 5.32 Å². The van der Waals surface area contributed by atoms with Crippen LogP contribution in [0.3, 0.4) is 0 Å². The average molecular weight is 230 g/mol. The van der Waals surface area contributed by atoms with Crippen molar-refractivity contribution < 1.29 is 4.79 Å². The van der Waals surface area contributed by atoms with E-state index in [1.54, 1.807) is 0 Å². The molecule has 1 amide bonds. The summed E-state index contributed by atoms with van der Waals surface area (Å²) in [6.45, 7) is 6.70. The highest BCUT2D eigenvalue weighted by atomic mass is 32.2. The van der Waals surface area contributed by atoms with Gasteiger partial charge in [-0.05, 0) is 46.0 Å². The number of nitrogens with one attached hydrogen (secondary N) is 1. The topological polar surface area (TPSA) is 32.3 Å². The molecule has 0 spiro atoms. The van der Waals surface area contributed by atoms with E-state index in [1.807, 2.05) is 25.6 Å². The molecule has 1 aliphatic heterocycles. The lowest BCUT2D eigenvalue weighted by atomic mass is 10.1. The van der Waals surface area contributed by atoms with Crippen molar-refractivity contribution in [1.82, 2.24) is 10.2 Å². The molecule has 0 radical (unpaired) electrons. The number of carbonyl (C=O) groups is 1. The number of hydrogen-bond donors (Lipinski definition) is 1. The molecule has 0 bridgehead atoms. The zero-order valence-corrected chi connectivity index (χ0v) is 10.8. The number of piperidine rings is 1. The van der Waals surface area contributed by atoms with Crippen molar-refractivity contribution in [2.45, 2.75) is 38.0 Å². The van der Waals surface area contributed by atoms with E-state index >= 15 is 0 Å². The predicted molar refractivity (Wildman–Crippen MR) is 66.3 cm³/mol. The monoisotopic (exact) mass is 230 g/mol. The van der Waals surface area contributed by atoms with E-state index in [2.05, 4.69) is 16.5 Å². The smallest absolute Gasteiger partial charge is 0.234 e. The van der Waals surface area contributed by atoms with Gasteiger partial charge in [0.25, 0.3) is 0 Å². The Morgan fingerprint density at radius 3 is 2.53 bits per heavy atom. The van der Waals surface area contributed by atoms with Crippen molar-refractivity contribution >= 4 is 17.7 Å². The van der Waals surface area contributed by atoms with Gasteiger partial charge >= 0.3 is 0 Å². The van der Waals surface area contributed by atoms with Gasteiger partial charge in [0.1, 0.15) is 0 Å². The van der Waals surface area contributed by atoms with Crippen LogP contribution in [0.4, 0.5) is 0 Å². The zero-order chi connectivity index (χ0) is 11.3. The number of hydrogen-bond acceptors (Lipinski definition) is 3. The summed E-state index contributed by atoms with van der Waals surface area (Å²) < 4.78 is 0. The van der Waals surface area contributed by atoms with E-state index in [0.29, 0.717) is 6.54 Å². The van der Waals surface area contributed by atoms with Gasteiger partial charge in [-0.1, -0.05) is 0 Å². The summed E-state index contributed by atoms with van der Waals surface area (Å²) in [5.41, 5.74) is 0. The predicted octanol–water partition coefficient (Wildman–Crippen LogP) is 1.34. The van der Waals surface area contributed by atoms with E-state index in [4.69, 9.17) is 0 Å². The van der Waals surface area contributed by atoms with Gasteiger partial charge in [-0.3, -0.25) is 9.69 Å². The molecule has 0 aromatic heterocycles. The molecule has 15 heavy (non-hydrogen) atoms. The first-order valence-corrected chi connectivity index (χ1v) is 6.95. The Bertz CT molecular complexity index is 201. The molecule has 1 saturated heterocycles. The van der Waals surface area contributed by atoms with E-state index < -0.39 is 0 Å². The highest BCUT2D eigenvalue weighted by Gasteiger charge is 2.19. The first-order valence-electron chi connectivity index (χ1n) is 5.66. The Morgan fingerprint density at radius 1 is 1.47 bits per heavy atom. The standard InChI is InChI=1S/C11H22N2OS/c1-9(2)12-11(14)8-13-6-4-10(15-3)5-7-13/h9-10H,4-8H2,1-3H3,(H,12,14). The maximum atomic E-state index is 11.5. The minimum Gasteiger partial charge on any atom is -0.353 e. The van der Waals surface area contributed by atoms with Crippen LogP contribution in [0.5, 0.6) is 0 Å². The molecular weight excluding hydrogens is 208 g/mol. The first kappa shape index (κ1) is 12.8. The fourth-order valence-electron chi connectivity index (χ4n) is 1.87. The molecule has 1 fully saturated rings. The van der Waals surface area contributed by atoms with Crippen molar-refractivity contribution in [2.24, 2.45) is 0 Å². The van der Waals surface area contributed by atoms with E-state index in [-0.39, 0.29) is 11.9 Å². The van der Waals surface area contributed by atoms with Gasteiger partial charge in [0.15, 0.2) is 0 Å². The normalized spacial score (nSPS) is 19.5. The van der Waals surface area contributed by atoms with Gasteiger partial charge in [-0.15, -0.1) is 0 Å². The molecule has 0 unspecified atom stereocenters. The first-order chi connectivity index (χ1) is 7.11. The quantitative estimate of drug-likeness (QED) is 0.791. The van der Waals surface area contributed by atoms with Crippen LogP contribution in [0.2, 0.25) is 0 Å². The van der Waals surface area contributed by atoms with Crippen LogP contribution < -0.4 is 5.32 Å². The van der Waals surface area contributed by atoms with Crippen molar-refractivity contribution in [3.63, 3.8) is 0 Å². The molecule has 3 nitrogen and oxygen atoms in total. The zero-order valence-electron chi connectivity index (χ0n) is 9.95. The Labute approximate surface area is 97.0 Å². The number of carbonyl (C=O) groups excluding carboxylic acids is 1. The maximum Gasteiger partial charge on any atom is 0.234 e. The average Bonchev–Trinajstić information content (AvgIpc) is 2.17. The molecule has 1 rings (SSSR count).